The first-order valence-corrected chi connectivity index (χ1v) is 7.15. The Morgan fingerprint density at radius 3 is 2.82 bits per heavy atom. The van der Waals surface area contributed by atoms with E-state index < -0.39 is 0 Å². The van der Waals surface area contributed by atoms with E-state index in [9.17, 15) is 0 Å². The highest BCUT2D eigenvalue weighted by Crippen LogP contribution is 2.39. The third-order valence-corrected chi connectivity index (χ3v) is 4.10. The van der Waals surface area contributed by atoms with Gasteiger partial charge in [-0.25, -0.2) is 4.98 Å². The number of nitrogens with one attached hydrogen (secondary N) is 1. The Hall–Kier alpha value is -0.450. The van der Waals surface area contributed by atoms with Crippen LogP contribution in [0.4, 0.5) is 0 Å². The highest BCUT2D eigenvalue weighted by Gasteiger charge is 2.30. The molecule has 1 atom stereocenters. The largest absolute Gasteiger partial charge is 0.371 e. The fraction of sp³-hybridized carbons (Fsp3) is 0.769. The fourth-order valence-corrected chi connectivity index (χ4v) is 3.49. The molecule has 0 bridgehead atoms. The number of hydrogen-bond donors (Lipinski definition) is 1. The minimum absolute atomic E-state index is 0.101. The lowest BCUT2D eigenvalue weighted by Gasteiger charge is -2.28. The molecule has 0 aliphatic carbocycles. The van der Waals surface area contributed by atoms with Crippen molar-refractivity contribution in [2.75, 3.05) is 13.2 Å². The molecular formula is C13H22N2OS. The minimum Gasteiger partial charge on any atom is -0.371 e. The maximum Gasteiger partial charge on any atom is 0.123 e. The van der Waals surface area contributed by atoms with Crippen LogP contribution in [0.15, 0.2) is 0 Å². The van der Waals surface area contributed by atoms with Crippen molar-refractivity contribution in [1.82, 2.24) is 10.3 Å². The second-order valence-corrected chi connectivity index (χ2v) is 6.67. The molecule has 0 amide bonds. The minimum atomic E-state index is 0.101. The van der Waals surface area contributed by atoms with E-state index in [1.165, 1.54) is 10.6 Å². The number of thiazole rings is 1. The van der Waals surface area contributed by atoms with Crippen LogP contribution in [-0.2, 0) is 17.7 Å². The van der Waals surface area contributed by atoms with E-state index in [0.717, 1.165) is 31.1 Å². The first kappa shape index (κ1) is 13.0. The summed E-state index contributed by atoms with van der Waals surface area (Å²) >= 11 is 1.81. The van der Waals surface area contributed by atoms with Gasteiger partial charge in [0.2, 0.25) is 0 Å². The van der Waals surface area contributed by atoms with E-state index in [0.29, 0.717) is 0 Å². The van der Waals surface area contributed by atoms with E-state index in [1.807, 2.05) is 18.3 Å². The Morgan fingerprint density at radius 1 is 1.47 bits per heavy atom. The molecule has 1 N–H and O–H groups in total. The molecule has 1 aliphatic heterocycles. The van der Waals surface area contributed by atoms with Crippen LogP contribution < -0.4 is 5.32 Å². The molecule has 96 valence electrons. The molecule has 3 nitrogen and oxygen atoms in total. The van der Waals surface area contributed by atoms with Gasteiger partial charge in [-0.05, 0) is 12.3 Å². The smallest absolute Gasteiger partial charge is 0.123 e. The van der Waals surface area contributed by atoms with E-state index in [2.05, 4.69) is 26.1 Å². The zero-order chi connectivity index (χ0) is 12.5. The van der Waals surface area contributed by atoms with Crippen molar-refractivity contribution in [2.24, 2.45) is 5.41 Å². The van der Waals surface area contributed by atoms with Crippen LogP contribution in [0.1, 0.15) is 49.4 Å². The van der Waals surface area contributed by atoms with Crippen LogP contribution in [0.3, 0.4) is 0 Å². The van der Waals surface area contributed by atoms with Gasteiger partial charge in [-0.2, -0.15) is 0 Å². The topological polar surface area (TPSA) is 34.1 Å². The third kappa shape index (κ3) is 2.87. The molecule has 2 heterocycles. The predicted octanol–water partition coefficient (Wildman–Crippen LogP) is 2.91. The van der Waals surface area contributed by atoms with Gasteiger partial charge in [0.05, 0.1) is 5.69 Å². The van der Waals surface area contributed by atoms with Crippen molar-refractivity contribution in [3.05, 3.63) is 15.6 Å². The van der Waals surface area contributed by atoms with Gasteiger partial charge in [-0.3, -0.25) is 0 Å². The molecule has 0 fully saturated rings. The zero-order valence-corrected chi connectivity index (χ0v) is 12.0. The molecule has 0 saturated heterocycles. The van der Waals surface area contributed by atoms with Crippen LogP contribution in [0.2, 0.25) is 0 Å². The molecule has 1 aromatic rings. The Morgan fingerprint density at radius 2 is 2.24 bits per heavy atom. The molecule has 1 unspecified atom stereocenters. The molecule has 4 heteroatoms. The number of hydrogen-bond acceptors (Lipinski definition) is 4. The van der Waals surface area contributed by atoms with Gasteiger partial charge in [-0.1, -0.05) is 20.8 Å². The molecule has 1 aliphatic rings. The third-order valence-electron chi connectivity index (χ3n) is 2.96. The summed E-state index contributed by atoms with van der Waals surface area (Å²) in [7, 11) is 0. The summed E-state index contributed by atoms with van der Waals surface area (Å²) in [5, 5.41) is 4.54. The number of nitrogens with zero attached hydrogens (tertiary/aromatic N) is 1. The molecule has 0 spiro atoms. The van der Waals surface area contributed by atoms with Crippen LogP contribution in [0, 0.1) is 5.41 Å². The first-order chi connectivity index (χ1) is 8.02. The normalized spacial score (nSPS) is 17.9. The highest BCUT2D eigenvalue weighted by atomic mass is 32.1. The Bertz CT molecular complexity index is 358. The van der Waals surface area contributed by atoms with Crippen molar-refractivity contribution < 1.29 is 4.74 Å². The van der Waals surface area contributed by atoms with Crippen LogP contribution in [0.5, 0.6) is 0 Å². The van der Waals surface area contributed by atoms with E-state index in [1.54, 1.807) is 0 Å². The van der Waals surface area contributed by atoms with Crippen molar-refractivity contribution in [2.45, 2.75) is 46.8 Å². The summed E-state index contributed by atoms with van der Waals surface area (Å²) < 4.78 is 5.90. The Labute approximate surface area is 108 Å². The molecule has 0 aromatic carbocycles. The van der Waals surface area contributed by atoms with E-state index in [4.69, 9.17) is 9.72 Å². The van der Waals surface area contributed by atoms with Gasteiger partial charge in [0, 0.05) is 31.0 Å². The lowest BCUT2D eigenvalue weighted by atomic mass is 9.89. The molecule has 0 saturated carbocycles. The zero-order valence-electron chi connectivity index (χ0n) is 11.2. The molecule has 0 radical (unpaired) electrons. The van der Waals surface area contributed by atoms with Crippen molar-refractivity contribution in [1.29, 1.82) is 0 Å². The molecule has 2 rings (SSSR count). The lowest BCUT2D eigenvalue weighted by Crippen LogP contribution is -2.22. The molecule has 17 heavy (non-hydrogen) atoms. The van der Waals surface area contributed by atoms with Crippen LogP contribution in [0.25, 0.3) is 0 Å². The van der Waals surface area contributed by atoms with Gasteiger partial charge in [0.25, 0.3) is 0 Å². The average Bonchev–Trinajstić information content (AvgIpc) is 2.67. The van der Waals surface area contributed by atoms with E-state index in [-0.39, 0.29) is 11.5 Å². The van der Waals surface area contributed by atoms with Gasteiger partial charge < -0.3 is 10.1 Å². The predicted molar refractivity (Wildman–Crippen MR) is 71.3 cm³/mol. The summed E-state index contributed by atoms with van der Waals surface area (Å²) in [4.78, 5) is 6.18. The number of aromatic nitrogens is 1. The van der Waals surface area contributed by atoms with E-state index >= 15 is 0 Å². The molecular weight excluding hydrogens is 232 g/mol. The van der Waals surface area contributed by atoms with Crippen LogP contribution >= 0.6 is 11.3 Å². The number of fused-ring (bicyclic) bond motifs is 1. The second-order valence-electron chi connectivity index (χ2n) is 5.55. The number of ether oxygens (including phenoxy) is 1. The summed E-state index contributed by atoms with van der Waals surface area (Å²) in [6.07, 6.45) is 1.16. The maximum atomic E-state index is 5.90. The summed E-state index contributed by atoms with van der Waals surface area (Å²) in [6, 6.07) is 0. The van der Waals surface area contributed by atoms with Crippen molar-refractivity contribution >= 4 is 11.3 Å². The number of rotatable bonds is 3. The van der Waals surface area contributed by atoms with Gasteiger partial charge in [-0.15, -0.1) is 11.3 Å². The summed E-state index contributed by atoms with van der Waals surface area (Å²) in [5.74, 6) is 0. The average molecular weight is 254 g/mol. The van der Waals surface area contributed by atoms with Crippen LogP contribution in [-0.4, -0.2) is 18.1 Å². The SMILES string of the molecule is CCOC(c1nc2c(s1)CNCC2)C(C)(C)C. The highest BCUT2D eigenvalue weighted by molar-refractivity contribution is 7.11. The standard InChI is InChI=1S/C13H22N2OS/c1-5-16-11(13(2,3)4)12-15-9-6-7-14-8-10(9)17-12/h11,14H,5-8H2,1-4H3. The van der Waals surface area contributed by atoms with Crippen molar-refractivity contribution in [3.63, 3.8) is 0 Å². The van der Waals surface area contributed by atoms with Gasteiger partial charge in [0.1, 0.15) is 11.1 Å². The van der Waals surface area contributed by atoms with Gasteiger partial charge >= 0.3 is 0 Å². The fourth-order valence-electron chi connectivity index (χ4n) is 2.12. The summed E-state index contributed by atoms with van der Waals surface area (Å²) in [5.41, 5.74) is 1.38. The Kier molecular flexibility index (Phi) is 3.85. The second kappa shape index (κ2) is 5.04. The Balaban J connectivity index is 2.27. The van der Waals surface area contributed by atoms with Gasteiger partial charge in [0.15, 0.2) is 0 Å². The quantitative estimate of drug-likeness (QED) is 0.900. The molecule has 1 aromatic heterocycles. The first-order valence-electron chi connectivity index (χ1n) is 6.33. The summed E-state index contributed by atoms with van der Waals surface area (Å²) in [6.45, 7) is 11.4. The maximum absolute atomic E-state index is 5.90. The lowest BCUT2D eigenvalue weighted by molar-refractivity contribution is -0.0134. The monoisotopic (exact) mass is 254 g/mol. The van der Waals surface area contributed by atoms with Crippen molar-refractivity contribution in [3.8, 4) is 0 Å².